The van der Waals surface area contributed by atoms with Gasteiger partial charge < -0.3 is 9.88 Å². The average molecular weight is 389 g/mol. The lowest BCUT2D eigenvalue weighted by Crippen LogP contribution is -2.37. The highest BCUT2D eigenvalue weighted by molar-refractivity contribution is 5.74. The number of nitrogens with one attached hydrogen (secondary N) is 1. The fourth-order valence-corrected chi connectivity index (χ4v) is 4.15. The second kappa shape index (κ2) is 9.01. The first-order valence-electron chi connectivity index (χ1n) is 10.2. The molecule has 3 aromatic rings. The molecule has 150 valence electrons. The third kappa shape index (κ3) is 4.38. The number of pyridine rings is 1. The predicted octanol–water partition coefficient (Wildman–Crippen LogP) is 3.94. The van der Waals surface area contributed by atoms with Gasteiger partial charge in [-0.3, -0.25) is 14.9 Å². The largest absolute Gasteiger partial charge is 0.341 e. The van der Waals surface area contributed by atoms with Gasteiger partial charge >= 0.3 is 0 Å². The maximum Gasteiger partial charge on any atom is 0.121 e. The number of imidazole rings is 1. The van der Waals surface area contributed by atoms with Crippen LogP contribution in [0.25, 0.3) is 11.0 Å². The number of aryl methyl sites for hydroxylation is 1. The van der Waals surface area contributed by atoms with Crippen molar-refractivity contribution in [1.82, 2.24) is 24.8 Å². The van der Waals surface area contributed by atoms with Gasteiger partial charge in [0.05, 0.1) is 35.7 Å². The molecule has 0 radical (unpaired) electrons. The molecule has 1 unspecified atom stereocenters. The van der Waals surface area contributed by atoms with Gasteiger partial charge in [-0.15, -0.1) is 0 Å². The van der Waals surface area contributed by atoms with E-state index in [9.17, 15) is 0 Å². The Labute approximate surface area is 172 Å². The predicted molar refractivity (Wildman–Crippen MR) is 118 cm³/mol. The molecule has 6 heteroatoms. The molecule has 1 aliphatic rings. The zero-order valence-corrected chi connectivity index (χ0v) is 17.0. The highest BCUT2D eigenvalue weighted by atomic mass is 15.2. The van der Waals surface area contributed by atoms with E-state index in [4.69, 9.17) is 9.97 Å². The van der Waals surface area contributed by atoms with Gasteiger partial charge in [-0.2, -0.15) is 0 Å². The summed E-state index contributed by atoms with van der Waals surface area (Å²) in [6.45, 7) is 6.35. The van der Waals surface area contributed by atoms with E-state index in [1.807, 2.05) is 47.9 Å². The number of para-hydroxylation sites is 2. The molecule has 0 aliphatic heterocycles. The Morgan fingerprint density at radius 2 is 2.14 bits per heavy atom. The zero-order valence-electron chi connectivity index (χ0n) is 17.0. The lowest BCUT2D eigenvalue weighted by Gasteiger charge is -2.35. The standard InChI is InChI=1S/C23H28N6/c1-3-28(17-24-2)14-15-29(16-22-26-19-10-4-5-11-20(19)27-22)21-12-6-8-18-9-7-13-25-23(18)21/h3-5,7,9-11,13,17,21H,1,6,8,12,14-16H2,2H3,(H,26,27). The quantitative estimate of drug-likeness (QED) is 0.469. The van der Waals surface area contributed by atoms with E-state index < -0.39 is 0 Å². The van der Waals surface area contributed by atoms with Crippen LogP contribution in [0, 0.1) is 0 Å². The Morgan fingerprint density at radius 3 is 2.97 bits per heavy atom. The van der Waals surface area contributed by atoms with Crippen LogP contribution in [-0.2, 0) is 13.0 Å². The normalized spacial score (nSPS) is 16.4. The first-order valence-corrected chi connectivity index (χ1v) is 10.2. The summed E-state index contributed by atoms with van der Waals surface area (Å²) < 4.78 is 0. The van der Waals surface area contributed by atoms with Crippen LogP contribution >= 0.6 is 0 Å². The molecule has 6 nitrogen and oxygen atoms in total. The number of aromatic nitrogens is 3. The van der Waals surface area contributed by atoms with Gasteiger partial charge in [-0.1, -0.05) is 24.8 Å². The zero-order chi connectivity index (χ0) is 20.1. The van der Waals surface area contributed by atoms with Crippen LogP contribution in [0.1, 0.15) is 36.0 Å². The Bertz CT molecular complexity index is 959. The van der Waals surface area contributed by atoms with E-state index >= 15 is 0 Å². The summed E-state index contributed by atoms with van der Waals surface area (Å²) in [4.78, 5) is 21.7. The van der Waals surface area contributed by atoms with E-state index in [0.717, 1.165) is 49.3 Å². The maximum atomic E-state index is 4.81. The number of hydrogen-bond donors (Lipinski definition) is 1. The Balaban J connectivity index is 1.61. The van der Waals surface area contributed by atoms with Crippen molar-refractivity contribution in [3.8, 4) is 0 Å². The third-order valence-electron chi connectivity index (χ3n) is 5.54. The summed E-state index contributed by atoms with van der Waals surface area (Å²) in [5.74, 6) is 0.989. The van der Waals surface area contributed by atoms with Crippen molar-refractivity contribution in [2.75, 3.05) is 20.1 Å². The molecule has 0 fully saturated rings. The van der Waals surface area contributed by atoms with Crippen LogP contribution in [0.2, 0.25) is 0 Å². The summed E-state index contributed by atoms with van der Waals surface area (Å²) in [7, 11) is 1.78. The molecule has 0 amide bonds. The van der Waals surface area contributed by atoms with E-state index in [1.165, 1.54) is 17.7 Å². The van der Waals surface area contributed by atoms with Crippen LogP contribution < -0.4 is 0 Å². The molecule has 0 saturated heterocycles. The summed E-state index contributed by atoms with van der Waals surface area (Å²) in [5, 5.41) is 0. The van der Waals surface area contributed by atoms with Gasteiger partial charge in [0.15, 0.2) is 0 Å². The van der Waals surface area contributed by atoms with Gasteiger partial charge in [0.25, 0.3) is 0 Å². The fourth-order valence-electron chi connectivity index (χ4n) is 4.15. The second-order valence-corrected chi connectivity index (χ2v) is 7.42. The fraction of sp³-hybridized carbons (Fsp3) is 0.348. The number of aromatic amines is 1. The van der Waals surface area contributed by atoms with E-state index in [0.29, 0.717) is 6.04 Å². The van der Waals surface area contributed by atoms with Crippen molar-refractivity contribution in [2.24, 2.45) is 4.99 Å². The maximum absolute atomic E-state index is 4.81. The first kappa shape index (κ1) is 19.3. The molecule has 0 saturated carbocycles. The molecule has 0 spiro atoms. The number of H-pyrrole nitrogens is 1. The molecule has 1 aromatic carbocycles. The minimum absolute atomic E-state index is 0.290. The number of nitrogens with zero attached hydrogens (tertiary/aromatic N) is 5. The first-order chi connectivity index (χ1) is 14.3. The van der Waals surface area contributed by atoms with Crippen LogP contribution in [0.5, 0.6) is 0 Å². The minimum Gasteiger partial charge on any atom is -0.341 e. The molecule has 2 aromatic heterocycles. The van der Waals surface area contributed by atoms with Crippen LogP contribution in [-0.4, -0.2) is 51.2 Å². The molecule has 1 N–H and O–H groups in total. The van der Waals surface area contributed by atoms with Crippen molar-refractivity contribution in [2.45, 2.75) is 31.8 Å². The van der Waals surface area contributed by atoms with Crippen molar-refractivity contribution < 1.29 is 0 Å². The second-order valence-electron chi connectivity index (χ2n) is 7.42. The molecule has 0 bridgehead atoms. The lowest BCUT2D eigenvalue weighted by atomic mass is 9.90. The Hall–Kier alpha value is -2.99. The SMILES string of the molecule is C=CN(C=NC)CCN(Cc1nc2ccccc2[nH]1)C1CCCc2cccnc21. The van der Waals surface area contributed by atoms with Gasteiger partial charge in [0.1, 0.15) is 5.82 Å². The van der Waals surface area contributed by atoms with Crippen molar-refractivity contribution in [1.29, 1.82) is 0 Å². The summed E-state index contributed by atoms with van der Waals surface area (Å²) >= 11 is 0. The third-order valence-corrected chi connectivity index (χ3v) is 5.54. The molecule has 1 aliphatic carbocycles. The minimum atomic E-state index is 0.290. The highest BCUT2D eigenvalue weighted by Crippen LogP contribution is 2.33. The summed E-state index contributed by atoms with van der Waals surface area (Å²) in [6, 6.07) is 12.7. The van der Waals surface area contributed by atoms with Gasteiger partial charge in [0.2, 0.25) is 0 Å². The highest BCUT2D eigenvalue weighted by Gasteiger charge is 2.28. The van der Waals surface area contributed by atoms with Crippen molar-refractivity contribution in [3.63, 3.8) is 0 Å². The van der Waals surface area contributed by atoms with Crippen molar-refractivity contribution in [3.05, 3.63) is 72.5 Å². The van der Waals surface area contributed by atoms with Gasteiger partial charge in [0, 0.05) is 26.3 Å². The molecular formula is C23H28N6. The van der Waals surface area contributed by atoms with Crippen LogP contribution in [0.15, 0.2) is 60.4 Å². The number of aliphatic imine (C=N–C) groups is 1. The number of benzene rings is 1. The summed E-state index contributed by atoms with van der Waals surface area (Å²) in [5.41, 5.74) is 4.67. The number of rotatable bonds is 8. The number of hydrogen-bond acceptors (Lipinski definition) is 4. The van der Waals surface area contributed by atoms with E-state index in [2.05, 4.69) is 33.6 Å². The molecular weight excluding hydrogens is 360 g/mol. The topological polar surface area (TPSA) is 60.4 Å². The monoisotopic (exact) mass is 388 g/mol. The van der Waals surface area contributed by atoms with E-state index in [1.54, 1.807) is 7.05 Å². The Kier molecular flexibility index (Phi) is 6.00. The molecule has 1 atom stereocenters. The number of fused-ring (bicyclic) bond motifs is 2. The molecule has 29 heavy (non-hydrogen) atoms. The van der Waals surface area contributed by atoms with Crippen molar-refractivity contribution >= 4 is 17.4 Å². The van der Waals surface area contributed by atoms with Crippen LogP contribution in [0.3, 0.4) is 0 Å². The molecule has 4 rings (SSSR count). The van der Waals surface area contributed by atoms with E-state index in [-0.39, 0.29) is 0 Å². The summed E-state index contributed by atoms with van der Waals surface area (Å²) in [6.07, 6.45) is 8.95. The molecule has 2 heterocycles. The van der Waals surface area contributed by atoms with Crippen LogP contribution in [0.4, 0.5) is 0 Å². The smallest absolute Gasteiger partial charge is 0.121 e. The average Bonchev–Trinajstić information content (AvgIpc) is 3.17. The van der Waals surface area contributed by atoms with Gasteiger partial charge in [-0.05, 0) is 49.2 Å². The lowest BCUT2D eigenvalue weighted by molar-refractivity contribution is 0.157. The Morgan fingerprint density at radius 1 is 1.24 bits per heavy atom. The van der Waals surface area contributed by atoms with Gasteiger partial charge in [-0.25, -0.2) is 4.98 Å².